The third-order valence-electron chi connectivity index (χ3n) is 6.62. The first kappa shape index (κ1) is 23.4. The lowest BCUT2D eigenvalue weighted by Gasteiger charge is -2.43. The number of hydrogen-bond donors (Lipinski definition) is 1. The van der Waals surface area contributed by atoms with Gasteiger partial charge in [0.1, 0.15) is 17.0 Å². The van der Waals surface area contributed by atoms with Crippen molar-refractivity contribution in [2.24, 2.45) is 0 Å². The molecule has 7 nitrogen and oxygen atoms in total. The molecule has 2 heterocycles. The second-order valence-electron chi connectivity index (χ2n) is 9.22. The highest BCUT2D eigenvalue weighted by atomic mass is 16.5. The Bertz CT molecular complexity index is 1390. The molecule has 3 aromatic carbocycles. The highest BCUT2D eigenvalue weighted by Crippen LogP contribution is 2.34. The quantitative estimate of drug-likeness (QED) is 0.438. The molecule has 5 rings (SSSR count). The summed E-state index contributed by atoms with van der Waals surface area (Å²) in [6.45, 7) is 4.37. The summed E-state index contributed by atoms with van der Waals surface area (Å²) in [5.41, 5.74) is 3.51. The van der Waals surface area contributed by atoms with Crippen LogP contribution < -0.4 is 15.0 Å². The largest absolute Gasteiger partial charge is 0.497 e. The van der Waals surface area contributed by atoms with E-state index in [1.54, 1.807) is 29.7 Å². The predicted octanol–water partition coefficient (Wildman–Crippen LogP) is 4.60. The fourth-order valence-electron chi connectivity index (χ4n) is 4.55. The highest BCUT2D eigenvalue weighted by molar-refractivity contribution is 6.12. The molecular formula is C29H28N4O3. The van der Waals surface area contributed by atoms with Crippen molar-refractivity contribution in [2.45, 2.75) is 32.5 Å². The van der Waals surface area contributed by atoms with Gasteiger partial charge in [0.2, 0.25) is 5.91 Å². The number of carbonyl (C=O) groups excluding carboxylic acids is 2. The fourth-order valence-corrected chi connectivity index (χ4v) is 4.55. The molecule has 36 heavy (non-hydrogen) atoms. The standard InChI is InChI=1S/C29H28N4O3/c1-20-9-13-23(14-10-20)33-27(34)26-17-25(22-11-15-24(36-3)16-12-22)31-32(26)19-29(33,2)28(35)30-18-21-7-5-4-6-8-21/h4-17H,18-19H2,1-3H3,(H,30,35). The van der Waals surface area contributed by atoms with Crippen molar-refractivity contribution < 1.29 is 14.3 Å². The van der Waals surface area contributed by atoms with Gasteiger partial charge in [0.05, 0.1) is 19.3 Å². The van der Waals surface area contributed by atoms with Crippen LogP contribution in [-0.2, 0) is 17.9 Å². The van der Waals surface area contributed by atoms with Crippen LogP contribution in [0, 0.1) is 6.92 Å². The summed E-state index contributed by atoms with van der Waals surface area (Å²) in [4.78, 5) is 29.2. The summed E-state index contributed by atoms with van der Waals surface area (Å²) in [7, 11) is 1.62. The molecule has 1 aliphatic rings. The van der Waals surface area contributed by atoms with Crippen LogP contribution in [-0.4, -0.2) is 34.2 Å². The van der Waals surface area contributed by atoms with Crippen LogP contribution in [0.1, 0.15) is 28.5 Å². The molecule has 182 valence electrons. The van der Waals surface area contributed by atoms with E-state index in [1.165, 1.54) is 0 Å². The normalized spacial score (nSPS) is 17.0. The number of rotatable bonds is 6. The van der Waals surface area contributed by atoms with Crippen molar-refractivity contribution in [3.05, 3.63) is 102 Å². The van der Waals surface area contributed by atoms with Crippen LogP contribution in [0.5, 0.6) is 5.75 Å². The van der Waals surface area contributed by atoms with E-state index in [0.717, 1.165) is 22.4 Å². The maximum atomic E-state index is 13.9. The molecule has 0 saturated carbocycles. The Morgan fingerprint density at radius 1 is 1.03 bits per heavy atom. The van der Waals surface area contributed by atoms with Gasteiger partial charge in [0, 0.05) is 17.8 Å². The summed E-state index contributed by atoms with van der Waals surface area (Å²) in [5.74, 6) is 0.231. The smallest absolute Gasteiger partial charge is 0.277 e. The van der Waals surface area contributed by atoms with Gasteiger partial charge in [-0.3, -0.25) is 19.2 Å². The van der Waals surface area contributed by atoms with Gasteiger partial charge in [0.25, 0.3) is 5.91 Å². The third kappa shape index (κ3) is 4.24. The average Bonchev–Trinajstić information content (AvgIpc) is 3.33. The lowest BCUT2D eigenvalue weighted by molar-refractivity contribution is -0.126. The topological polar surface area (TPSA) is 76.5 Å². The molecule has 0 bridgehead atoms. The molecule has 1 N–H and O–H groups in total. The molecule has 4 aromatic rings. The number of nitrogens with one attached hydrogen (secondary N) is 1. The number of methoxy groups -OCH3 is 1. The van der Waals surface area contributed by atoms with Gasteiger partial charge in [-0.25, -0.2) is 0 Å². The second-order valence-corrected chi connectivity index (χ2v) is 9.22. The number of hydrogen-bond acceptors (Lipinski definition) is 4. The van der Waals surface area contributed by atoms with Crippen molar-refractivity contribution in [2.75, 3.05) is 12.0 Å². The molecule has 0 spiro atoms. The number of carbonyl (C=O) groups is 2. The van der Waals surface area contributed by atoms with E-state index in [4.69, 9.17) is 9.84 Å². The second kappa shape index (κ2) is 9.34. The number of fused-ring (bicyclic) bond motifs is 1. The molecule has 7 heteroatoms. The SMILES string of the molecule is COc1ccc(-c2cc3n(n2)CC(C)(C(=O)NCc2ccccc2)N(c2ccc(C)cc2)C3=O)cc1. The zero-order valence-electron chi connectivity index (χ0n) is 20.6. The summed E-state index contributed by atoms with van der Waals surface area (Å²) in [6.07, 6.45) is 0. The molecule has 0 aliphatic carbocycles. The van der Waals surface area contributed by atoms with Crippen LogP contribution in [0.15, 0.2) is 84.9 Å². The summed E-state index contributed by atoms with van der Waals surface area (Å²) in [6, 6.07) is 26.7. The van der Waals surface area contributed by atoms with E-state index in [2.05, 4.69) is 5.32 Å². The molecule has 1 unspecified atom stereocenters. The summed E-state index contributed by atoms with van der Waals surface area (Å²) < 4.78 is 6.90. The Hall–Kier alpha value is -4.39. The fraction of sp³-hybridized carbons (Fsp3) is 0.207. The number of nitrogens with zero attached hydrogens (tertiary/aromatic N) is 3. The van der Waals surface area contributed by atoms with Gasteiger partial charge < -0.3 is 10.1 Å². The molecular weight excluding hydrogens is 452 g/mol. The van der Waals surface area contributed by atoms with Crippen LogP contribution in [0.2, 0.25) is 0 Å². The van der Waals surface area contributed by atoms with Gasteiger partial charge in [-0.05, 0) is 61.9 Å². The van der Waals surface area contributed by atoms with Gasteiger partial charge in [-0.15, -0.1) is 0 Å². The number of anilines is 1. The van der Waals surface area contributed by atoms with Gasteiger partial charge in [-0.1, -0.05) is 48.0 Å². The van der Waals surface area contributed by atoms with Gasteiger partial charge in [-0.2, -0.15) is 5.10 Å². The van der Waals surface area contributed by atoms with Gasteiger partial charge in [0.15, 0.2) is 0 Å². The highest BCUT2D eigenvalue weighted by Gasteiger charge is 2.48. The van der Waals surface area contributed by atoms with E-state index in [1.807, 2.05) is 85.8 Å². The van der Waals surface area contributed by atoms with E-state index < -0.39 is 5.54 Å². The van der Waals surface area contributed by atoms with Crippen LogP contribution in [0.4, 0.5) is 5.69 Å². The van der Waals surface area contributed by atoms with Crippen LogP contribution in [0.3, 0.4) is 0 Å². The number of benzene rings is 3. The molecule has 0 saturated heterocycles. The minimum absolute atomic E-state index is 0.221. The molecule has 1 aromatic heterocycles. The number of aryl methyl sites for hydroxylation is 1. The van der Waals surface area contributed by atoms with E-state index in [-0.39, 0.29) is 18.4 Å². The minimum Gasteiger partial charge on any atom is -0.497 e. The zero-order valence-corrected chi connectivity index (χ0v) is 20.6. The van der Waals surface area contributed by atoms with Crippen molar-refractivity contribution >= 4 is 17.5 Å². The minimum atomic E-state index is -1.18. The third-order valence-corrected chi connectivity index (χ3v) is 6.62. The average molecular weight is 481 g/mol. The predicted molar refractivity (Wildman–Crippen MR) is 139 cm³/mol. The lowest BCUT2D eigenvalue weighted by Crippen LogP contribution is -2.64. The zero-order chi connectivity index (χ0) is 25.3. The van der Waals surface area contributed by atoms with Gasteiger partial charge >= 0.3 is 0 Å². The number of aromatic nitrogens is 2. The first-order valence-electron chi connectivity index (χ1n) is 11.8. The molecule has 1 atom stereocenters. The van der Waals surface area contributed by atoms with Crippen molar-refractivity contribution in [3.63, 3.8) is 0 Å². The number of amides is 2. The summed E-state index contributed by atoms with van der Waals surface area (Å²) in [5, 5.41) is 7.75. The van der Waals surface area contributed by atoms with Crippen molar-refractivity contribution in [1.82, 2.24) is 15.1 Å². The number of ether oxygens (including phenoxy) is 1. The van der Waals surface area contributed by atoms with Crippen LogP contribution >= 0.6 is 0 Å². The Morgan fingerprint density at radius 2 is 1.72 bits per heavy atom. The monoisotopic (exact) mass is 480 g/mol. The first-order valence-corrected chi connectivity index (χ1v) is 11.8. The Labute approximate surface area is 210 Å². The molecule has 0 radical (unpaired) electrons. The Balaban J connectivity index is 1.53. The maximum absolute atomic E-state index is 13.9. The lowest BCUT2D eigenvalue weighted by atomic mass is 9.93. The molecule has 1 aliphatic heterocycles. The maximum Gasteiger partial charge on any atom is 0.277 e. The van der Waals surface area contributed by atoms with Crippen LogP contribution in [0.25, 0.3) is 11.3 Å². The Morgan fingerprint density at radius 3 is 2.39 bits per heavy atom. The van der Waals surface area contributed by atoms with E-state index in [9.17, 15) is 9.59 Å². The summed E-state index contributed by atoms with van der Waals surface area (Å²) >= 11 is 0. The van der Waals surface area contributed by atoms with E-state index >= 15 is 0 Å². The first-order chi connectivity index (χ1) is 17.4. The van der Waals surface area contributed by atoms with E-state index in [0.29, 0.717) is 23.6 Å². The van der Waals surface area contributed by atoms with Crippen molar-refractivity contribution in [3.8, 4) is 17.0 Å². The van der Waals surface area contributed by atoms with Crippen molar-refractivity contribution in [1.29, 1.82) is 0 Å². The Kier molecular flexibility index (Phi) is 6.06. The molecule has 2 amide bonds. The molecule has 0 fully saturated rings.